The summed E-state index contributed by atoms with van der Waals surface area (Å²) in [4.78, 5) is 17.5. The minimum Gasteiger partial charge on any atom is -0.494 e. The first-order chi connectivity index (χ1) is 13.9. The van der Waals surface area contributed by atoms with Crippen LogP contribution >= 0.6 is 11.3 Å². The van der Waals surface area contributed by atoms with Gasteiger partial charge in [-0.2, -0.15) is 4.99 Å². The number of carbonyl (C=O) groups excluding carboxylic acids is 1. The number of ether oxygens (including phenoxy) is 1. The molecular weight excluding hydrogens is 408 g/mol. The van der Waals surface area contributed by atoms with Crippen LogP contribution in [0.5, 0.6) is 5.75 Å². The normalized spacial score (nSPS) is 12.4. The van der Waals surface area contributed by atoms with Crippen LogP contribution in [0, 0.1) is 0 Å². The van der Waals surface area contributed by atoms with E-state index in [2.05, 4.69) is 4.99 Å². The molecule has 0 saturated carbocycles. The molecule has 0 aliphatic heterocycles. The summed E-state index contributed by atoms with van der Waals surface area (Å²) in [6, 6.07) is 14.1. The number of carbonyl (C=O) groups is 1. The standard InChI is InChI=1S/C21H24N2O4S2/c1-3-23-18-13-12-16(27-4-2)15-19(18)28-21(23)22-20(24)11-8-14-29(25,26)17-9-6-5-7-10-17/h5-7,9-10,12-13,15H,3-4,8,11,14H2,1-2H3. The minimum atomic E-state index is -3.38. The number of fused-ring (bicyclic) bond motifs is 1. The fraction of sp³-hybridized carbons (Fsp3) is 0.333. The Morgan fingerprint density at radius 1 is 1.14 bits per heavy atom. The molecule has 0 N–H and O–H groups in total. The van der Waals surface area contributed by atoms with Gasteiger partial charge in [0.1, 0.15) is 5.75 Å². The molecule has 1 amide bonds. The van der Waals surface area contributed by atoms with Crippen molar-refractivity contribution in [2.24, 2.45) is 4.99 Å². The lowest BCUT2D eigenvalue weighted by molar-refractivity contribution is -0.118. The highest BCUT2D eigenvalue weighted by molar-refractivity contribution is 7.91. The van der Waals surface area contributed by atoms with Gasteiger partial charge >= 0.3 is 0 Å². The molecule has 0 radical (unpaired) electrons. The molecule has 6 nitrogen and oxygen atoms in total. The molecule has 0 fully saturated rings. The predicted molar refractivity (Wildman–Crippen MR) is 115 cm³/mol. The molecule has 1 heterocycles. The predicted octanol–water partition coefficient (Wildman–Crippen LogP) is 3.80. The van der Waals surface area contributed by atoms with Crippen LogP contribution in [-0.4, -0.2) is 31.3 Å². The zero-order valence-corrected chi connectivity index (χ0v) is 18.1. The maximum atomic E-state index is 12.4. The van der Waals surface area contributed by atoms with E-state index in [0.29, 0.717) is 18.0 Å². The van der Waals surface area contributed by atoms with Crippen LogP contribution in [0.4, 0.5) is 0 Å². The average Bonchev–Trinajstić information content (AvgIpc) is 3.04. The van der Waals surface area contributed by atoms with Crippen LogP contribution in [0.15, 0.2) is 58.4 Å². The number of thiazole rings is 1. The molecule has 0 aliphatic rings. The van der Waals surface area contributed by atoms with Gasteiger partial charge in [-0.05, 0) is 50.6 Å². The number of hydrogen-bond acceptors (Lipinski definition) is 5. The van der Waals surface area contributed by atoms with Crippen molar-refractivity contribution in [2.75, 3.05) is 12.4 Å². The van der Waals surface area contributed by atoms with Crippen molar-refractivity contribution in [2.45, 2.75) is 38.1 Å². The van der Waals surface area contributed by atoms with Gasteiger partial charge in [-0.25, -0.2) is 8.42 Å². The van der Waals surface area contributed by atoms with Crippen molar-refractivity contribution in [1.29, 1.82) is 0 Å². The first-order valence-corrected chi connectivity index (χ1v) is 12.0. The van der Waals surface area contributed by atoms with Gasteiger partial charge < -0.3 is 9.30 Å². The summed E-state index contributed by atoms with van der Waals surface area (Å²) in [5.74, 6) is 0.399. The van der Waals surface area contributed by atoms with E-state index in [9.17, 15) is 13.2 Å². The topological polar surface area (TPSA) is 77.7 Å². The second-order valence-electron chi connectivity index (χ2n) is 6.43. The Morgan fingerprint density at radius 2 is 1.90 bits per heavy atom. The van der Waals surface area contributed by atoms with Crippen molar-refractivity contribution in [3.05, 3.63) is 53.3 Å². The molecule has 8 heteroatoms. The van der Waals surface area contributed by atoms with Gasteiger partial charge in [0.15, 0.2) is 14.6 Å². The third-order valence-corrected chi connectivity index (χ3v) is 7.27. The lowest BCUT2D eigenvalue weighted by atomic mass is 10.3. The monoisotopic (exact) mass is 432 g/mol. The van der Waals surface area contributed by atoms with Crippen molar-refractivity contribution in [3.63, 3.8) is 0 Å². The largest absolute Gasteiger partial charge is 0.494 e. The molecule has 0 spiro atoms. The van der Waals surface area contributed by atoms with E-state index in [1.54, 1.807) is 30.3 Å². The molecule has 3 rings (SSSR count). The van der Waals surface area contributed by atoms with E-state index in [1.165, 1.54) is 11.3 Å². The smallest absolute Gasteiger partial charge is 0.248 e. The highest BCUT2D eigenvalue weighted by atomic mass is 32.2. The quantitative estimate of drug-likeness (QED) is 0.542. The Morgan fingerprint density at radius 3 is 2.59 bits per heavy atom. The number of hydrogen-bond donors (Lipinski definition) is 0. The van der Waals surface area contributed by atoms with E-state index < -0.39 is 9.84 Å². The maximum Gasteiger partial charge on any atom is 0.248 e. The van der Waals surface area contributed by atoms with Crippen LogP contribution in [0.1, 0.15) is 26.7 Å². The molecule has 0 atom stereocenters. The average molecular weight is 433 g/mol. The molecule has 1 aromatic heterocycles. The van der Waals surface area contributed by atoms with Crippen molar-refractivity contribution < 1.29 is 17.9 Å². The van der Waals surface area contributed by atoms with Gasteiger partial charge in [-0.15, -0.1) is 0 Å². The third kappa shape index (κ3) is 5.13. The SMILES string of the molecule is CCOc1ccc2c(c1)sc(=NC(=O)CCCS(=O)(=O)c1ccccc1)n2CC. The highest BCUT2D eigenvalue weighted by Gasteiger charge is 2.14. The van der Waals surface area contributed by atoms with Crippen molar-refractivity contribution in [3.8, 4) is 5.75 Å². The number of amides is 1. The first-order valence-electron chi connectivity index (χ1n) is 9.56. The summed E-state index contributed by atoms with van der Waals surface area (Å²) in [7, 11) is -3.38. The van der Waals surface area contributed by atoms with Gasteiger partial charge in [0.05, 0.1) is 27.5 Å². The van der Waals surface area contributed by atoms with Gasteiger partial charge in [-0.3, -0.25) is 4.79 Å². The zero-order chi connectivity index (χ0) is 20.9. The second kappa shape index (κ2) is 9.37. The highest BCUT2D eigenvalue weighted by Crippen LogP contribution is 2.23. The Bertz CT molecular complexity index is 1160. The Balaban J connectivity index is 1.74. The van der Waals surface area contributed by atoms with Gasteiger partial charge in [0, 0.05) is 13.0 Å². The Labute approximate surface area is 174 Å². The molecule has 0 aliphatic carbocycles. The summed E-state index contributed by atoms with van der Waals surface area (Å²) >= 11 is 1.43. The van der Waals surface area contributed by atoms with Crippen LogP contribution in [-0.2, 0) is 21.2 Å². The van der Waals surface area contributed by atoms with E-state index in [4.69, 9.17) is 4.74 Å². The van der Waals surface area contributed by atoms with Crippen molar-refractivity contribution >= 4 is 37.3 Å². The number of benzene rings is 2. The van der Waals surface area contributed by atoms with Crippen LogP contribution in [0.2, 0.25) is 0 Å². The summed E-state index contributed by atoms with van der Waals surface area (Å²) < 4.78 is 33.2. The molecule has 154 valence electrons. The second-order valence-corrected chi connectivity index (χ2v) is 9.55. The molecule has 0 saturated heterocycles. The number of aromatic nitrogens is 1. The number of sulfone groups is 1. The fourth-order valence-electron chi connectivity index (χ4n) is 3.02. The van der Waals surface area contributed by atoms with Crippen LogP contribution in [0.25, 0.3) is 10.2 Å². The molecule has 29 heavy (non-hydrogen) atoms. The van der Waals surface area contributed by atoms with E-state index in [1.807, 2.05) is 36.6 Å². The zero-order valence-electron chi connectivity index (χ0n) is 16.5. The maximum absolute atomic E-state index is 12.4. The van der Waals surface area contributed by atoms with Crippen LogP contribution < -0.4 is 9.54 Å². The first kappa shape index (κ1) is 21.3. The Kier molecular flexibility index (Phi) is 6.87. The lowest BCUT2D eigenvalue weighted by Crippen LogP contribution is -2.16. The Hall–Kier alpha value is -2.45. The third-order valence-electron chi connectivity index (χ3n) is 4.41. The van der Waals surface area contributed by atoms with E-state index >= 15 is 0 Å². The number of rotatable bonds is 8. The van der Waals surface area contributed by atoms with Gasteiger partial charge in [-0.1, -0.05) is 29.5 Å². The fourth-order valence-corrected chi connectivity index (χ4v) is 5.49. The number of aryl methyl sites for hydroxylation is 1. The van der Waals surface area contributed by atoms with Gasteiger partial charge in [0.25, 0.3) is 0 Å². The van der Waals surface area contributed by atoms with Crippen LogP contribution in [0.3, 0.4) is 0 Å². The van der Waals surface area contributed by atoms with Crippen molar-refractivity contribution in [1.82, 2.24) is 4.57 Å². The van der Waals surface area contributed by atoms with E-state index in [0.717, 1.165) is 16.0 Å². The number of nitrogens with zero attached hydrogens (tertiary/aromatic N) is 2. The molecule has 3 aromatic rings. The summed E-state index contributed by atoms with van der Waals surface area (Å²) in [5.41, 5.74) is 0.999. The lowest BCUT2D eigenvalue weighted by Gasteiger charge is -2.04. The molecule has 2 aromatic carbocycles. The summed E-state index contributed by atoms with van der Waals surface area (Å²) in [6.07, 6.45) is 0.333. The molecule has 0 bridgehead atoms. The minimum absolute atomic E-state index is 0.0732. The van der Waals surface area contributed by atoms with Gasteiger partial charge in [0.2, 0.25) is 5.91 Å². The summed E-state index contributed by atoms with van der Waals surface area (Å²) in [6.45, 7) is 5.20. The molecular formula is C21H24N2O4S2. The molecule has 0 unspecified atom stereocenters. The van der Waals surface area contributed by atoms with E-state index in [-0.39, 0.29) is 29.4 Å². The summed E-state index contributed by atoms with van der Waals surface area (Å²) in [5, 5.41) is 0.